The first-order valence-corrected chi connectivity index (χ1v) is 7.25. The highest BCUT2D eigenvalue weighted by Crippen LogP contribution is 2.26. The smallest absolute Gasteiger partial charge is 0.162 e. The van der Waals surface area contributed by atoms with Crippen molar-refractivity contribution < 1.29 is 4.79 Å². The third-order valence-electron chi connectivity index (χ3n) is 3.57. The molecular weight excluding hydrogens is 258 g/mol. The summed E-state index contributed by atoms with van der Waals surface area (Å²) in [5, 5.41) is 0. The van der Waals surface area contributed by atoms with E-state index in [1.807, 2.05) is 55.5 Å². The predicted octanol–water partition coefficient (Wildman–Crippen LogP) is 4.53. The minimum Gasteiger partial charge on any atom is -0.345 e. The van der Waals surface area contributed by atoms with Gasteiger partial charge in [-0.15, -0.1) is 0 Å². The number of rotatable bonds is 5. The Morgan fingerprint density at radius 1 is 0.905 bits per heavy atom. The summed E-state index contributed by atoms with van der Waals surface area (Å²) in [7, 11) is 0. The molecule has 21 heavy (non-hydrogen) atoms. The second-order valence-corrected chi connectivity index (χ2v) is 4.96. The maximum atomic E-state index is 12.2. The summed E-state index contributed by atoms with van der Waals surface area (Å²) in [5.41, 5.74) is 3.84. The molecule has 0 aliphatic carbocycles. The van der Waals surface area contributed by atoms with Crippen LogP contribution in [-0.4, -0.2) is 12.3 Å². The zero-order chi connectivity index (χ0) is 15.2. The molecule has 0 fully saturated rings. The Labute approximate surface area is 126 Å². The molecule has 0 bridgehead atoms. The summed E-state index contributed by atoms with van der Waals surface area (Å²) in [6, 6.07) is 20.0. The second-order valence-electron chi connectivity index (χ2n) is 4.96. The maximum Gasteiger partial charge on any atom is 0.162 e. The van der Waals surface area contributed by atoms with Gasteiger partial charge in [0, 0.05) is 23.5 Å². The van der Waals surface area contributed by atoms with Gasteiger partial charge in [-0.05, 0) is 38.5 Å². The van der Waals surface area contributed by atoms with E-state index in [4.69, 9.17) is 0 Å². The van der Waals surface area contributed by atoms with Gasteiger partial charge in [0.2, 0.25) is 0 Å². The number of para-hydroxylation sites is 1. The van der Waals surface area contributed by atoms with Crippen molar-refractivity contribution >= 4 is 17.0 Å². The van der Waals surface area contributed by atoms with Gasteiger partial charge in [0.25, 0.3) is 0 Å². The molecule has 2 heteroatoms. The fourth-order valence-electron chi connectivity index (χ4n) is 2.63. The predicted molar refractivity (Wildman–Crippen MR) is 89.2 cm³/mol. The molecule has 2 aromatic carbocycles. The molecule has 0 aliphatic heterocycles. The number of Topliss-reactive ketones (excluding diaryl/α,β-unsaturated/α-hetero) is 1. The van der Waals surface area contributed by atoms with Gasteiger partial charge in [-0.25, -0.2) is 0 Å². The Balaban J connectivity index is 2.53. The molecule has 2 nitrogen and oxygen atoms in total. The Hall–Kier alpha value is -2.35. The lowest BCUT2D eigenvalue weighted by Crippen LogP contribution is -2.22. The molecule has 2 rings (SSSR count). The van der Waals surface area contributed by atoms with E-state index >= 15 is 0 Å². The molecule has 0 N–H and O–H groups in total. The number of hydrogen-bond donors (Lipinski definition) is 0. The van der Waals surface area contributed by atoms with Gasteiger partial charge in [0.05, 0.1) is 0 Å². The van der Waals surface area contributed by atoms with Gasteiger partial charge in [0.15, 0.2) is 5.78 Å². The van der Waals surface area contributed by atoms with Crippen molar-refractivity contribution in [3.05, 3.63) is 71.9 Å². The SMILES string of the molecule is CCN(/C(C)=C(\C(C)=O)c1ccccc1)c1ccccc1. The zero-order valence-corrected chi connectivity index (χ0v) is 12.8. The molecule has 0 aliphatic rings. The van der Waals surface area contributed by atoms with Crippen molar-refractivity contribution in [3.8, 4) is 0 Å². The van der Waals surface area contributed by atoms with E-state index in [-0.39, 0.29) is 5.78 Å². The maximum absolute atomic E-state index is 12.2. The van der Waals surface area contributed by atoms with Crippen LogP contribution in [0.5, 0.6) is 0 Å². The highest BCUT2D eigenvalue weighted by atomic mass is 16.1. The van der Waals surface area contributed by atoms with E-state index in [2.05, 4.69) is 24.0 Å². The molecular formula is C19H21NO. The quantitative estimate of drug-likeness (QED) is 0.749. The molecule has 0 spiro atoms. The first kappa shape index (κ1) is 15.0. The molecule has 0 heterocycles. The molecule has 0 amide bonds. The molecule has 2 aromatic rings. The Morgan fingerprint density at radius 3 is 1.90 bits per heavy atom. The number of ketones is 1. The monoisotopic (exact) mass is 279 g/mol. The zero-order valence-electron chi connectivity index (χ0n) is 12.8. The Kier molecular flexibility index (Phi) is 4.94. The second kappa shape index (κ2) is 6.89. The highest BCUT2D eigenvalue weighted by molar-refractivity contribution is 6.20. The van der Waals surface area contributed by atoms with Crippen molar-refractivity contribution in [2.45, 2.75) is 20.8 Å². The number of carbonyl (C=O) groups excluding carboxylic acids is 1. The summed E-state index contributed by atoms with van der Waals surface area (Å²) >= 11 is 0. The lowest BCUT2D eigenvalue weighted by Gasteiger charge is -2.26. The first-order chi connectivity index (χ1) is 10.1. The summed E-state index contributed by atoms with van der Waals surface area (Å²) in [4.78, 5) is 14.3. The number of hydrogen-bond acceptors (Lipinski definition) is 2. The van der Waals surface area contributed by atoms with Crippen molar-refractivity contribution in [2.24, 2.45) is 0 Å². The average molecular weight is 279 g/mol. The highest BCUT2D eigenvalue weighted by Gasteiger charge is 2.16. The van der Waals surface area contributed by atoms with Gasteiger partial charge in [-0.3, -0.25) is 4.79 Å². The lowest BCUT2D eigenvalue weighted by molar-refractivity contribution is -0.111. The minimum atomic E-state index is 0.0908. The number of allylic oxidation sites excluding steroid dienone is 2. The number of anilines is 1. The van der Waals surface area contributed by atoms with Crippen LogP contribution < -0.4 is 4.90 Å². The van der Waals surface area contributed by atoms with Crippen LogP contribution in [0, 0.1) is 0 Å². The van der Waals surface area contributed by atoms with E-state index in [9.17, 15) is 4.79 Å². The fraction of sp³-hybridized carbons (Fsp3) is 0.211. The van der Waals surface area contributed by atoms with E-state index < -0.39 is 0 Å². The van der Waals surface area contributed by atoms with Gasteiger partial charge in [-0.2, -0.15) is 0 Å². The van der Waals surface area contributed by atoms with E-state index in [1.165, 1.54) is 0 Å². The summed E-state index contributed by atoms with van der Waals surface area (Å²) in [5.74, 6) is 0.0908. The molecule has 0 radical (unpaired) electrons. The van der Waals surface area contributed by atoms with Crippen molar-refractivity contribution in [1.82, 2.24) is 0 Å². The van der Waals surface area contributed by atoms with E-state index in [0.717, 1.165) is 29.1 Å². The molecule has 0 saturated heterocycles. The third kappa shape index (κ3) is 3.40. The fourth-order valence-corrected chi connectivity index (χ4v) is 2.63. The summed E-state index contributed by atoms with van der Waals surface area (Å²) in [6.07, 6.45) is 0. The largest absolute Gasteiger partial charge is 0.345 e. The van der Waals surface area contributed by atoms with Crippen LogP contribution >= 0.6 is 0 Å². The molecule has 0 saturated carbocycles. The van der Waals surface area contributed by atoms with Gasteiger partial charge in [-0.1, -0.05) is 48.5 Å². The van der Waals surface area contributed by atoms with E-state index in [0.29, 0.717) is 0 Å². The van der Waals surface area contributed by atoms with Crippen molar-refractivity contribution in [2.75, 3.05) is 11.4 Å². The summed E-state index contributed by atoms with van der Waals surface area (Å²) < 4.78 is 0. The number of carbonyl (C=O) groups is 1. The van der Waals surface area contributed by atoms with Crippen LogP contribution in [0.3, 0.4) is 0 Å². The van der Waals surface area contributed by atoms with Crippen molar-refractivity contribution in [3.63, 3.8) is 0 Å². The minimum absolute atomic E-state index is 0.0908. The standard InChI is InChI=1S/C19H21NO/c1-4-20(18-13-9-6-10-14-18)15(2)19(16(3)21)17-11-7-5-8-12-17/h5-14H,4H2,1-3H3/b19-15+. The van der Waals surface area contributed by atoms with E-state index in [1.54, 1.807) is 6.92 Å². The third-order valence-corrected chi connectivity index (χ3v) is 3.57. The molecule has 0 unspecified atom stereocenters. The van der Waals surface area contributed by atoms with Crippen LogP contribution in [-0.2, 0) is 4.79 Å². The average Bonchev–Trinajstić information content (AvgIpc) is 2.50. The number of nitrogens with zero attached hydrogens (tertiary/aromatic N) is 1. The Morgan fingerprint density at radius 2 is 1.43 bits per heavy atom. The first-order valence-electron chi connectivity index (χ1n) is 7.25. The summed E-state index contributed by atoms with van der Waals surface area (Å²) in [6.45, 7) is 6.56. The van der Waals surface area contributed by atoms with Gasteiger partial charge in [0.1, 0.15) is 0 Å². The molecule has 0 atom stereocenters. The lowest BCUT2D eigenvalue weighted by atomic mass is 10.00. The normalized spacial score (nSPS) is 11.8. The van der Waals surface area contributed by atoms with Gasteiger partial charge >= 0.3 is 0 Å². The van der Waals surface area contributed by atoms with Crippen LogP contribution in [0.1, 0.15) is 26.3 Å². The van der Waals surface area contributed by atoms with Crippen LogP contribution in [0.15, 0.2) is 66.4 Å². The van der Waals surface area contributed by atoms with Crippen molar-refractivity contribution in [1.29, 1.82) is 0 Å². The molecule has 0 aromatic heterocycles. The van der Waals surface area contributed by atoms with Crippen LogP contribution in [0.2, 0.25) is 0 Å². The van der Waals surface area contributed by atoms with Crippen LogP contribution in [0.4, 0.5) is 5.69 Å². The topological polar surface area (TPSA) is 20.3 Å². The Bertz CT molecular complexity index is 629. The van der Waals surface area contributed by atoms with Crippen LogP contribution in [0.25, 0.3) is 5.57 Å². The molecule has 108 valence electrons. The number of benzene rings is 2. The van der Waals surface area contributed by atoms with Gasteiger partial charge < -0.3 is 4.90 Å².